The number of hydrogen-bond donors (Lipinski definition) is 2. The van der Waals surface area contributed by atoms with Crippen LogP contribution in [0.4, 0.5) is 5.69 Å². The minimum atomic E-state index is -0.167. The van der Waals surface area contributed by atoms with Crippen molar-refractivity contribution in [2.75, 3.05) is 18.4 Å². The fourth-order valence-corrected chi connectivity index (χ4v) is 2.36. The van der Waals surface area contributed by atoms with Crippen molar-refractivity contribution in [2.45, 2.75) is 0 Å². The zero-order valence-electron chi connectivity index (χ0n) is 13.5. The summed E-state index contributed by atoms with van der Waals surface area (Å²) >= 11 is 0. The average molecular weight is 331 g/mol. The summed E-state index contributed by atoms with van der Waals surface area (Å²) in [4.78, 5) is 16.1. The van der Waals surface area contributed by atoms with E-state index >= 15 is 0 Å². The van der Waals surface area contributed by atoms with Gasteiger partial charge >= 0.3 is 0 Å². The van der Waals surface area contributed by atoms with Crippen molar-refractivity contribution < 1.29 is 9.53 Å². The molecule has 0 bridgehead atoms. The Hall–Kier alpha value is -3.52. The number of aromatic nitrogens is 1. The van der Waals surface area contributed by atoms with Gasteiger partial charge in [-0.2, -0.15) is 0 Å². The van der Waals surface area contributed by atoms with E-state index in [0.29, 0.717) is 5.75 Å². The Morgan fingerprint density at radius 2 is 1.96 bits per heavy atom. The predicted molar refractivity (Wildman–Crippen MR) is 98.6 cm³/mol. The highest BCUT2D eigenvalue weighted by Gasteiger charge is 2.06. The first-order chi connectivity index (χ1) is 12.3. The van der Waals surface area contributed by atoms with Crippen LogP contribution in [0.25, 0.3) is 10.9 Å². The molecule has 0 aliphatic carbocycles. The molecule has 0 fully saturated rings. The highest BCUT2D eigenvalue weighted by atomic mass is 16.5. The molecule has 124 valence electrons. The quantitative estimate of drug-likeness (QED) is 0.681. The van der Waals surface area contributed by atoms with Crippen LogP contribution in [0.15, 0.2) is 60.8 Å². The topological polar surface area (TPSA) is 63.2 Å². The molecular weight excluding hydrogens is 314 g/mol. The van der Waals surface area contributed by atoms with Gasteiger partial charge in [0.15, 0.2) is 0 Å². The third-order valence-corrected chi connectivity index (χ3v) is 3.52. The molecule has 2 N–H and O–H groups in total. The van der Waals surface area contributed by atoms with Gasteiger partial charge in [-0.05, 0) is 36.4 Å². The van der Waals surface area contributed by atoms with E-state index in [1.165, 1.54) is 0 Å². The number of carbonyl (C=O) groups is 1. The second-order valence-electron chi connectivity index (χ2n) is 5.29. The van der Waals surface area contributed by atoms with Gasteiger partial charge in [-0.3, -0.25) is 9.78 Å². The number of para-hydroxylation sites is 1. The standard InChI is InChI=1S/C20H17N3O2/c1-2-11-22-20(24)14-23-19-10-12-21-18-9-8-16(13-17(18)19)25-15-6-4-3-5-7-15/h1,3-10,12-13H,11,14H2,(H,21,23)(H,22,24). The highest BCUT2D eigenvalue weighted by molar-refractivity contribution is 5.93. The molecule has 0 saturated heterocycles. The second kappa shape index (κ2) is 7.84. The lowest BCUT2D eigenvalue weighted by molar-refractivity contribution is -0.119. The minimum absolute atomic E-state index is 0.130. The third kappa shape index (κ3) is 4.27. The molecule has 2 aromatic carbocycles. The minimum Gasteiger partial charge on any atom is -0.457 e. The molecule has 0 radical (unpaired) electrons. The molecule has 3 aromatic rings. The summed E-state index contributed by atoms with van der Waals surface area (Å²) in [6.45, 7) is 0.344. The molecule has 5 nitrogen and oxygen atoms in total. The maximum Gasteiger partial charge on any atom is 0.240 e. The molecule has 5 heteroatoms. The molecule has 1 aromatic heterocycles. The number of terminal acetylenes is 1. The fraction of sp³-hybridized carbons (Fsp3) is 0.100. The molecular formula is C20H17N3O2. The average Bonchev–Trinajstić information content (AvgIpc) is 2.65. The van der Waals surface area contributed by atoms with Crippen LogP contribution in [0.1, 0.15) is 0 Å². The normalized spacial score (nSPS) is 10.0. The number of fused-ring (bicyclic) bond motifs is 1. The predicted octanol–water partition coefficient (Wildman–Crippen LogP) is 3.19. The molecule has 1 amide bonds. The Balaban J connectivity index is 1.80. The van der Waals surface area contributed by atoms with E-state index in [0.717, 1.165) is 22.3 Å². The molecule has 0 saturated carbocycles. The lowest BCUT2D eigenvalue weighted by atomic mass is 10.1. The number of pyridine rings is 1. The van der Waals surface area contributed by atoms with Gasteiger partial charge in [0.25, 0.3) is 0 Å². The summed E-state index contributed by atoms with van der Waals surface area (Å²) in [5.41, 5.74) is 1.62. The summed E-state index contributed by atoms with van der Waals surface area (Å²) < 4.78 is 5.86. The summed E-state index contributed by atoms with van der Waals surface area (Å²) in [6.07, 6.45) is 6.83. The largest absolute Gasteiger partial charge is 0.457 e. The number of rotatable bonds is 6. The van der Waals surface area contributed by atoms with E-state index in [1.807, 2.05) is 54.6 Å². The van der Waals surface area contributed by atoms with Crippen LogP contribution in [0.3, 0.4) is 0 Å². The third-order valence-electron chi connectivity index (χ3n) is 3.52. The van der Waals surface area contributed by atoms with Gasteiger partial charge in [0.05, 0.1) is 18.6 Å². The van der Waals surface area contributed by atoms with Gasteiger partial charge < -0.3 is 15.4 Å². The van der Waals surface area contributed by atoms with Crippen molar-refractivity contribution in [1.29, 1.82) is 0 Å². The molecule has 1 heterocycles. The highest BCUT2D eigenvalue weighted by Crippen LogP contribution is 2.28. The Morgan fingerprint density at radius 3 is 2.76 bits per heavy atom. The SMILES string of the molecule is C#CCNC(=O)CNc1ccnc2ccc(Oc3ccccc3)cc12. The number of anilines is 1. The van der Waals surface area contributed by atoms with Gasteiger partial charge in [-0.25, -0.2) is 0 Å². The second-order valence-corrected chi connectivity index (χ2v) is 5.29. The number of benzene rings is 2. The van der Waals surface area contributed by atoms with Crippen LogP contribution in [-0.2, 0) is 4.79 Å². The van der Waals surface area contributed by atoms with Crippen molar-refractivity contribution in [3.8, 4) is 23.8 Å². The number of nitrogens with one attached hydrogen (secondary N) is 2. The Bertz CT molecular complexity index is 917. The zero-order valence-corrected chi connectivity index (χ0v) is 13.5. The lowest BCUT2D eigenvalue weighted by Gasteiger charge is -2.11. The number of ether oxygens (including phenoxy) is 1. The van der Waals surface area contributed by atoms with Gasteiger partial charge in [-0.15, -0.1) is 6.42 Å². The molecule has 0 aliphatic heterocycles. The Morgan fingerprint density at radius 1 is 1.12 bits per heavy atom. The summed E-state index contributed by atoms with van der Waals surface area (Å²) in [5, 5.41) is 6.60. The van der Waals surface area contributed by atoms with Crippen molar-refractivity contribution in [2.24, 2.45) is 0 Å². The maximum atomic E-state index is 11.7. The van der Waals surface area contributed by atoms with E-state index in [2.05, 4.69) is 21.5 Å². The van der Waals surface area contributed by atoms with Crippen molar-refractivity contribution in [1.82, 2.24) is 10.3 Å². The van der Waals surface area contributed by atoms with Crippen molar-refractivity contribution in [3.63, 3.8) is 0 Å². The van der Waals surface area contributed by atoms with Crippen LogP contribution < -0.4 is 15.4 Å². The Kier molecular flexibility index (Phi) is 5.13. The van der Waals surface area contributed by atoms with Crippen molar-refractivity contribution >= 4 is 22.5 Å². The van der Waals surface area contributed by atoms with E-state index in [-0.39, 0.29) is 19.0 Å². The molecule has 0 aliphatic rings. The molecule has 3 rings (SSSR count). The fourth-order valence-electron chi connectivity index (χ4n) is 2.36. The molecule has 0 spiro atoms. The van der Waals surface area contributed by atoms with Crippen LogP contribution in [-0.4, -0.2) is 24.0 Å². The van der Waals surface area contributed by atoms with E-state index in [9.17, 15) is 4.79 Å². The summed E-state index contributed by atoms with van der Waals surface area (Å²) in [6, 6.07) is 17.0. The van der Waals surface area contributed by atoms with Crippen LogP contribution in [0, 0.1) is 12.3 Å². The molecule has 0 unspecified atom stereocenters. The lowest BCUT2D eigenvalue weighted by Crippen LogP contribution is -2.30. The Labute approximate surface area is 146 Å². The summed E-state index contributed by atoms with van der Waals surface area (Å²) in [7, 11) is 0. The number of nitrogens with zero attached hydrogens (tertiary/aromatic N) is 1. The number of carbonyl (C=O) groups excluding carboxylic acids is 1. The van der Waals surface area contributed by atoms with Gasteiger partial charge in [0, 0.05) is 17.3 Å². The maximum absolute atomic E-state index is 11.7. The van der Waals surface area contributed by atoms with Gasteiger partial charge in [0.2, 0.25) is 5.91 Å². The van der Waals surface area contributed by atoms with Crippen LogP contribution in [0.2, 0.25) is 0 Å². The zero-order chi connectivity index (χ0) is 17.5. The monoisotopic (exact) mass is 331 g/mol. The molecule has 25 heavy (non-hydrogen) atoms. The van der Waals surface area contributed by atoms with E-state index in [4.69, 9.17) is 11.2 Å². The number of hydrogen-bond acceptors (Lipinski definition) is 4. The first-order valence-electron chi connectivity index (χ1n) is 7.82. The first-order valence-corrected chi connectivity index (χ1v) is 7.82. The van der Waals surface area contributed by atoms with Crippen LogP contribution >= 0.6 is 0 Å². The first kappa shape index (κ1) is 16.3. The smallest absolute Gasteiger partial charge is 0.240 e. The van der Waals surface area contributed by atoms with Gasteiger partial charge in [-0.1, -0.05) is 24.1 Å². The van der Waals surface area contributed by atoms with E-state index in [1.54, 1.807) is 6.20 Å². The van der Waals surface area contributed by atoms with E-state index < -0.39 is 0 Å². The van der Waals surface area contributed by atoms with Gasteiger partial charge in [0.1, 0.15) is 11.5 Å². The summed E-state index contributed by atoms with van der Waals surface area (Å²) in [5.74, 6) is 3.66. The van der Waals surface area contributed by atoms with Crippen LogP contribution in [0.5, 0.6) is 11.5 Å². The van der Waals surface area contributed by atoms with Crippen molar-refractivity contribution in [3.05, 3.63) is 60.8 Å². The number of amides is 1. The molecule has 0 atom stereocenters.